The molecule has 3 nitrogen and oxygen atoms in total. The largest absolute Gasteiger partial charge is 0.224 e. The first kappa shape index (κ1) is 14.8. The molecule has 5 heteroatoms. The van der Waals surface area contributed by atoms with Crippen LogP contribution >= 0.6 is 15.9 Å². The maximum atomic E-state index is 12.4. The molecule has 0 amide bonds. The second kappa shape index (κ2) is 6.21. The van der Waals surface area contributed by atoms with E-state index < -0.39 is 15.8 Å². The molecule has 20 heavy (non-hydrogen) atoms. The lowest BCUT2D eigenvalue weighted by molar-refractivity contribution is 0.593. The van der Waals surface area contributed by atoms with E-state index in [4.69, 9.17) is 0 Å². The number of nitrogens with zero attached hydrogens (tertiary/aromatic N) is 1. The molecular weight excluding hydrogens is 338 g/mol. The van der Waals surface area contributed by atoms with E-state index >= 15 is 0 Å². The van der Waals surface area contributed by atoms with Crippen molar-refractivity contribution in [3.63, 3.8) is 0 Å². The van der Waals surface area contributed by atoms with Gasteiger partial charge in [0.2, 0.25) is 0 Å². The van der Waals surface area contributed by atoms with E-state index in [0.717, 1.165) is 0 Å². The van der Waals surface area contributed by atoms with Gasteiger partial charge in [-0.1, -0.05) is 52.3 Å². The summed E-state index contributed by atoms with van der Waals surface area (Å²) in [6, 6.07) is 17.6. The Hall–Kier alpha value is -1.64. The minimum atomic E-state index is -3.49. The third-order valence-electron chi connectivity index (χ3n) is 2.90. The third-order valence-corrected chi connectivity index (χ3v) is 5.14. The van der Waals surface area contributed by atoms with E-state index in [2.05, 4.69) is 22.0 Å². The third kappa shape index (κ3) is 3.47. The summed E-state index contributed by atoms with van der Waals surface area (Å²) in [5.74, 6) is -0.885. The van der Waals surface area contributed by atoms with Crippen molar-refractivity contribution >= 4 is 25.8 Å². The van der Waals surface area contributed by atoms with Crippen LogP contribution in [0.2, 0.25) is 0 Å². The highest BCUT2D eigenvalue weighted by Crippen LogP contribution is 2.23. The van der Waals surface area contributed by atoms with Crippen LogP contribution in [-0.4, -0.2) is 14.2 Å². The van der Waals surface area contributed by atoms with Crippen LogP contribution in [0.25, 0.3) is 0 Å². The second-order valence-corrected chi connectivity index (χ2v) is 7.28. The van der Waals surface area contributed by atoms with Crippen molar-refractivity contribution in [1.82, 2.24) is 0 Å². The Bertz CT molecular complexity index is 736. The van der Waals surface area contributed by atoms with Crippen LogP contribution in [0.3, 0.4) is 0 Å². The molecule has 0 aliphatic carbocycles. The summed E-state index contributed by atoms with van der Waals surface area (Å²) in [7, 11) is -3.49. The highest BCUT2D eigenvalue weighted by atomic mass is 79.9. The van der Waals surface area contributed by atoms with Crippen LogP contribution < -0.4 is 0 Å². The zero-order valence-corrected chi connectivity index (χ0v) is 12.9. The molecule has 0 fully saturated rings. The highest BCUT2D eigenvalue weighted by molar-refractivity contribution is 9.10. The summed E-state index contributed by atoms with van der Waals surface area (Å²) >= 11 is 3.25. The zero-order chi connectivity index (χ0) is 14.6. The van der Waals surface area contributed by atoms with E-state index in [9.17, 15) is 13.7 Å². The van der Waals surface area contributed by atoms with E-state index in [0.29, 0.717) is 10.0 Å². The molecule has 102 valence electrons. The van der Waals surface area contributed by atoms with Gasteiger partial charge in [0.05, 0.1) is 22.6 Å². The standard InChI is InChI=1S/C15H12BrNO2S/c16-14-7-4-8-15(9-14)20(18,19)11-13(10-17)12-5-2-1-3-6-12/h1-9,13H,11H2. The summed E-state index contributed by atoms with van der Waals surface area (Å²) in [4.78, 5) is 0.225. The van der Waals surface area contributed by atoms with E-state index in [1.807, 2.05) is 6.07 Å². The number of hydrogen-bond donors (Lipinski definition) is 0. The Morgan fingerprint density at radius 1 is 1.10 bits per heavy atom. The van der Waals surface area contributed by atoms with Crippen molar-refractivity contribution < 1.29 is 8.42 Å². The van der Waals surface area contributed by atoms with Gasteiger partial charge in [-0.05, 0) is 23.8 Å². The Kier molecular flexibility index (Phi) is 4.58. The number of hydrogen-bond acceptors (Lipinski definition) is 3. The molecule has 0 spiro atoms. The summed E-state index contributed by atoms with van der Waals surface area (Å²) in [6.07, 6.45) is 0. The van der Waals surface area contributed by atoms with E-state index in [1.54, 1.807) is 48.5 Å². The summed E-state index contributed by atoms with van der Waals surface area (Å²) < 4.78 is 25.4. The Balaban J connectivity index is 2.30. The number of rotatable bonds is 4. The van der Waals surface area contributed by atoms with Crippen LogP contribution in [0.5, 0.6) is 0 Å². The molecule has 0 saturated heterocycles. The first-order valence-electron chi connectivity index (χ1n) is 5.96. The number of nitriles is 1. The van der Waals surface area contributed by atoms with Gasteiger partial charge in [0, 0.05) is 4.47 Å². The second-order valence-electron chi connectivity index (χ2n) is 4.33. The lowest BCUT2D eigenvalue weighted by atomic mass is 10.0. The SMILES string of the molecule is N#CC(CS(=O)(=O)c1cccc(Br)c1)c1ccccc1. The molecule has 2 rings (SSSR count). The molecule has 0 saturated carbocycles. The first-order valence-corrected chi connectivity index (χ1v) is 8.40. The highest BCUT2D eigenvalue weighted by Gasteiger charge is 2.22. The fourth-order valence-electron chi connectivity index (χ4n) is 1.87. The minimum absolute atomic E-state index is 0.218. The number of sulfone groups is 1. The Morgan fingerprint density at radius 3 is 2.40 bits per heavy atom. The molecule has 0 aliphatic rings. The predicted octanol–water partition coefficient (Wildman–Crippen LogP) is 3.53. The van der Waals surface area contributed by atoms with Crippen LogP contribution in [0.4, 0.5) is 0 Å². The monoisotopic (exact) mass is 349 g/mol. The molecule has 0 aliphatic heterocycles. The van der Waals surface area contributed by atoms with Gasteiger partial charge in [0.1, 0.15) is 0 Å². The van der Waals surface area contributed by atoms with Gasteiger partial charge in [-0.15, -0.1) is 0 Å². The molecule has 0 heterocycles. The van der Waals surface area contributed by atoms with Crippen molar-refractivity contribution in [3.05, 3.63) is 64.6 Å². The zero-order valence-electron chi connectivity index (χ0n) is 10.5. The maximum absolute atomic E-state index is 12.4. The normalized spacial score (nSPS) is 12.6. The molecule has 0 radical (unpaired) electrons. The molecule has 1 unspecified atom stereocenters. The number of halogens is 1. The van der Waals surface area contributed by atoms with Gasteiger partial charge in [-0.3, -0.25) is 0 Å². The Labute approximate surface area is 126 Å². The molecule has 0 aromatic heterocycles. The lowest BCUT2D eigenvalue weighted by Gasteiger charge is -2.10. The van der Waals surface area contributed by atoms with Crippen LogP contribution in [0.15, 0.2) is 64.0 Å². The van der Waals surface area contributed by atoms with Gasteiger partial charge in [0.15, 0.2) is 9.84 Å². The summed E-state index contributed by atoms with van der Waals surface area (Å²) in [5, 5.41) is 9.22. The quantitative estimate of drug-likeness (QED) is 0.848. The van der Waals surface area contributed by atoms with Gasteiger partial charge in [0.25, 0.3) is 0 Å². The molecule has 2 aromatic carbocycles. The fraction of sp³-hybridized carbons (Fsp3) is 0.133. The van der Waals surface area contributed by atoms with Gasteiger partial charge in [-0.25, -0.2) is 8.42 Å². The van der Waals surface area contributed by atoms with Crippen LogP contribution in [0, 0.1) is 11.3 Å². The average molecular weight is 350 g/mol. The van der Waals surface area contributed by atoms with Gasteiger partial charge < -0.3 is 0 Å². The topological polar surface area (TPSA) is 57.9 Å². The van der Waals surface area contributed by atoms with E-state index in [-0.39, 0.29) is 10.6 Å². The van der Waals surface area contributed by atoms with Crippen molar-refractivity contribution in [2.45, 2.75) is 10.8 Å². The van der Waals surface area contributed by atoms with Crippen molar-refractivity contribution in [1.29, 1.82) is 5.26 Å². The van der Waals surface area contributed by atoms with Crippen molar-refractivity contribution in [2.75, 3.05) is 5.75 Å². The molecule has 0 N–H and O–H groups in total. The van der Waals surface area contributed by atoms with E-state index in [1.165, 1.54) is 0 Å². The molecule has 0 bridgehead atoms. The summed E-state index contributed by atoms with van der Waals surface area (Å²) in [5.41, 5.74) is 0.716. The van der Waals surface area contributed by atoms with Crippen LogP contribution in [0.1, 0.15) is 11.5 Å². The van der Waals surface area contributed by atoms with Crippen LogP contribution in [-0.2, 0) is 9.84 Å². The van der Waals surface area contributed by atoms with Crippen molar-refractivity contribution in [2.24, 2.45) is 0 Å². The molecular formula is C15H12BrNO2S. The fourth-order valence-corrected chi connectivity index (χ4v) is 3.91. The first-order chi connectivity index (χ1) is 9.53. The lowest BCUT2D eigenvalue weighted by Crippen LogP contribution is -2.14. The predicted molar refractivity (Wildman–Crippen MR) is 81.0 cm³/mol. The minimum Gasteiger partial charge on any atom is -0.224 e. The molecule has 2 aromatic rings. The maximum Gasteiger partial charge on any atom is 0.180 e. The average Bonchev–Trinajstić information content (AvgIpc) is 2.46. The Morgan fingerprint density at radius 2 is 1.80 bits per heavy atom. The number of benzene rings is 2. The van der Waals surface area contributed by atoms with Gasteiger partial charge in [-0.2, -0.15) is 5.26 Å². The smallest absolute Gasteiger partial charge is 0.180 e. The van der Waals surface area contributed by atoms with Gasteiger partial charge >= 0.3 is 0 Å². The molecule has 1 atom stereocenters. The summed E-state index contributed by atoms with van der Waals surface area (Å²) in [6.45, 7) is 0. The van der Waals surface area contributed by atoms with Crippen molar-refractivity contribution in [3.8, 4) is 6.07 Å².